The largest absolute Gasteiger partial charge is 0.497 e. The van der Waals surface area contributed by atoms with E-state index in [1.807, 2.05) is 29.0 Å². The molecule has 0 saturated carbocycles. The number of aromatic nitrogens is 2. The van der Waals surface area contributed by atoms with Crippen molar-refractivity contribution < 1.29 is 14.3 Å². The Labute approximate surface area is 129 Å². The molecule has 1 aromatic heterocycles. The topological polar surface area (TPSA) is 65.4 Å². The molecule has 6 heteroatoms. The van der Waals surface area contributed by atoms with Gasteiger partial charge in [0.2, 0.25) is 5.91 Å². The Hall–Kier alpha value is -2.50. The Kier molecular flexibility index (Phi) is 4.00. The predicted molar refractivity (Wildman–Crippen MR) is 82.0 cm³/mol. The molecule has 1 N–H and O–H groups in total. The second-order valence-corrected chi connectivity index (χ2v) is 5.17. The first kappa shape index (κ1) is 14.4. The number of ether oxygens (including phenoxy) is 2. The molecule has 1 aliphatic heterocycles. The number of nitrogens with one attached hydrogen (secondary N) is 1. The van der Waals surface area contributed by atoms with Gasteiger partial charge in [-0.25, -0.2) is 4.98 Å². The van der Waals surface area contributed by atoms with Crippen LogP contribution in [0.4, 0.5) is 0 Å². The molecule has 6 nitrogen and oxygen atoms in total. The van der Waals surface area contributed by atoms with Gasteiger partial charge in [-0.2, -0.15) is 0 Å². The fraction of sp³-hybridized carbons (Fsp3) is 0.375. The minimum Gasteiger partial charge on any atom is -0.497 e. The van der Waals surface area contributed by atoms with Gasteiger partial charge in [-0.3, -0.25) is 4.79 Å². The zero-order chi connectivity index (χ0) is 15.5. The highest BCUT2D eigenvalue weighted by molar-refractivity contribution is 5.82. The normalized spacial score (nSPS) is 17.9. The van der Waals surface area contributed by atoms with Crippen LogP contribution in [0.15, 0.2) is 30.6 Å². The van der Waals surface area contributed by atoms with Gasteiger partial charge in [0.25, 0.3) is 0 Å². The lowest BCUT2D eigenvalue weighted by Crippen LogP contribution is -2.37. The van der Waals surface area contributed by atoms with E-state index in [4.69, 9.17) is 9.47 Å². The van der Waals surface area contributed by atoms with Gasteiger partial charge in [-0.15, -0.1) is 0 Å². The fourth-order valence-corrected chi connectivity index (χ4v) is 2.78. The van der Waals surface area contributed by atoms with Gasteiger partial charge in [0, 0.05) is 25.0 Å². The van der Waals surface area contributed by atoms with Crippen molar-refractivity contribution in [2.24, 2.45) is 0 Å². The van der Waals surface area contributed by atoms with E-state index in [1.54, 1.807) is 20.4 Å². The molecule has 0 bridgehead atoms. The second kappa shape index (κ2) is 6.09. The number of amides is 1. The number of hydrogen-bond donors (Lipinski definition) is 1. The van der Waals surface area contributed by atoms with Crippen molar-refractivity contribution in [2.45, 2.75) is 18.9 Å². The third-order valence-electron chi connectivity index (χ3n) is 3.91. The maximum absolute atomic E-state index is 12.1. The molecule has 0 spiro atoms. The maximum Gasteiger partial charge on any atom is 0.243 e. The number of hydrogen-bond acceptors (Lipinski definition) is 4. The minimum atomic E-state index is -0.224. The fourth-order valence-electron chi connectivity index (χ4n) is 2.78. The molecule has 0 aliphatic carbocycles. The zero-order valence-corrected chi connectivity index (χ0v) is 12.7. The summed E-state index contributed by atoms with van der Waals surface area (Å²) in [6.07, 6.45) is 5.33. The average molecular weight is 301 g/mol. The summed E-state index contributed by atoms with van der Waals surface area (Å²) in [7, 11) is 3.22. The molecule has 2 aromatic rings. The molecule has 1 aromatic carbocycles. The SMILES string of the molecule is COc1ccc(-c2nccn2C2CCCNC2=O)c(OC)c1. The van der Waals surface area contributed by atoms with Gasteiger partial charge in [0.1, 0.15) is 23.4 Å². The van der Waals surface area contributed by atoms with Crippen LogP contribution in [-0.2, 0) is 4.79 Å². The summed E-state index contributed by atoms with van der Waals surface area (Å²) in [6.45, 7) is 0.741. The molecule has 2 heterocycles. The maximum atomic E-state index is 12.1. The van der Waals surface area contributed by atoms with E-state index in [0.29, 0.717) is 11.5 Å². The van der Waals surface area contributed by atoms with E-state index in [-0.39, 0.29) is 11.9 Å². The molecule has 1 aliphatic rings. The number of carbonyl (C=O) groups excluding carboxylic acids is 1. The molecule has 116 valence electrons. The van der Waals surface area contributed by atoms with Crippen LogP contribution in [-0.4, -0.2) is 36.2 Å². The van der Waals surface area contributed by atoms with Crippen LogP contribution in [0.25, 0.3) is 11.4 Å². The Morgan fingerprint density at radius 1 is 1.32 bits per heavy atom. The van der Waals surface area contributed by atoms with E-state index < -0.39 is 0 Å². The second-order valence-electron chi connectivity index (χ2n) is 5.17. The van der Waals surface area contributed by atoms with E-state index in [2.05, 4.69) is 10.3 Å². The lowest BCUT2D eigenvalue weighted by atomic mass is 10.1. The van der Waals surface area contributed by atoms with Crippen LogP contribution in [0, 0.1) is 0 Å². The number of methoxy groups -OCH3 is 2. The van der Waals surface area contributed by atoms with Crippen molar-refractivity contribution in [1.82, 2.24) is 14.9 Å². The summed E-state index contributed by atoms with van der Waals surface area (Å²) in [5.74, 6) is 2.15. The van der Waals surface area contributed by atoms with Gasteiger partial charge in [0.15, 0.2) is 0 Å². The van der Waals surface area contributed by atoms with Crippen molar-refractivity contribution >= 4 is 5.91 Å². The number of nitrogens with zero attached hydrogens (tertiary/aromatic N) is 2. The zero-order valence-electron chi connectivity index (χ0n) is 12.7. The number of rotatable bonds is 4. The van der Waals surface area contributed by atoms with Crippen molar-refractivity contribution in [2.75, 3.05) is 20.8 Å². The van der Waals surface area contributed by atoms with E-state index >= 15 is 0 Å². The quantitative estimate of drug-likeness (QED) is 0.938. The van der Waals surface area contributed by atoms with Crippen LogP contribution in [0.2, 0.25) is 0 Å². The third-order valence-corrected chi connectivity index (χ3v) is 3.91. The third kappa shape index (κ3) is 2.52. The standard InChI is InChI=1S/C16H19N3O3/c1-21-11-5-6-12(14(10-11)22-2)15-17-8-9-19(15)13-4-3-7-18-16(13)20/h5-6,8-10,13H,3-4,7H2,1-2H3,(H,18,20). The van der Waals surface area contributed by atoms with Gasteiger partial charge in [-0.1, -0.05) is 0 Å². The molecule has 22 heavy (non-hydrogen) atoms. The average Bonchev–Trinajstić information content (AvgIpc) is 3.03. The first-order valence-electron chi connectivity index (χ1n) is 7.27. The number of piperidine rings is 1. The number of imidazole rings is 1. The number of carbonyl (C=O) groups is 1. The van der Waals surface area contributed by atoms with Crippen LogP contribution < -0.4 is 14.8 Å². The van der Waals surface area contributed by atoms with Crippen LogP contribution in [0.3, 0.4) is 0 Å². The van der Waals surface area contributed by atoms with Crippen LogP contribution in [0.5, 0.6) is 11.5 Å². The van der Waals surface area contributed by atoms with E-state index in [9.17, 15) is 4.79 Å². The highest BCUT2D eigenvalue weighted by atomic mass is 16.5. The van der Waals surface area contributed by atoms with Crippen molar-refractivity contribution in [3.05, 3.63) is 30.6 Å². The minimum absolute atomic E-state index is 0.0398. The first-order chi connectivity index (χ1) is 10.7. The van der Waals surface area contributed by atoms with E-state index in [1.165, 1.54) is 0 Å². The monoisotopic (exact) mass is 301 g/mol. The summed E-state index contributed by atoms with van der Waals surface area (Å²) in [4.78, 5) is 16.5. The highest BCUT2D eigenvalue weighted by Crippen LogP contribution is 2.34. The Balaban J connectivity index is 2.03. The predicted octanol–water partition coefficient (Wildman–Crippen LogP) is 2.02. The molecule has 1 amide bonds. The molecule has 1 fully saturated rings. The van der Waals surface area contributed by atoms with Gasteiger partial charge >= 0.3 is 0 Å². The first-order valence-corrected chi connectivity index (χ1v) is 7.27. The summed E-state index contributed by atoms with van der Waals surface area (Å²) >= 11 is 0. The van der Waals surface area contributed by atoms with E-state index in [0.717, 1.165) is 30.8 Å². The lowest BCUT2D eigenvalue weighted by Gasteiger charge is -2.24. The highest BCUT2D eigenvalue weighted by Gasteiger charge is 2.26. The van der Waals surface area contributed by atoms with Gasteiger partial charge < -0.3 is 19.4 Å². The molecule has 0 radical (unpaired) electrons. The van der Waals surface area contributed by atoms with Crippen molar-refractivity contribution in [3.63, 3.8) is 0 Å². The molecule has 1 atom stereocenters. The Bertz CT molecular complexity index is 681. The molecule has 1 unspecified atom stereocenters. The lowest BCUT2D eigenvalue weighted by molar-refractivity contribution is -0.125. The van der Waals surface area contributed by atoms with Crippen molar-refractivity contribution in [1.29, 1.82) is 0 Å². The van der Waals surface area contributed by atoms with Crippen molar-refractivity contribution in [3.8, 4) is 22.9 Å². The summed E-state index contributed by atoms with van der Waals surface area (Å²) < 4.78 is 12.6. The Morgan fingerprint density at radius 2 is 2.18 bits per heavy atom. The molecular formula is C16H19N3O3. The summed E-state index contributed by atoms with van der Waals surface area (Å²) in [5.41, 5.74) is 0.840. The molecule has 3 rings (SSSR count). The molecular weight excluding hydrogens is 282 g/mol. The van der Waals surface area contributed by atoms with Crippen LogP contribution >= 0.6 is 0 Å². The molecule has 1 saturated heterocycles. The van der Waals surface area contributed by atoms with Crippen LogP contribution in [0.1, 0.15) is 18.9 Å². The summed E-state index contributed by atoms with van der Waals surface area (Å²) in [6, 6.07) is 5.35. The van der Waals surface area contributed by atoms with Gasteiger partial charge in [0.05, 0.1) is 19.8 Å². The Morgan fingerprint density at radius 3 is 2.91 bits per heavy atom. The smallest absolute Gasteiger partial charge is 0.243 e. The van der Waals surface area contributed by atoms with Gasteiger partial charge in [-0.05, 0) is 25.0 Å². The summed E-state index contributed by atoms with van der Waals surface area (Å²) in [5, 5.41) is 2.91. The number of benzene rings is 1.